The highest BCUT2D eigenvalue weighted by Gasteiger charge is 2.34. The molecule has 0 spiro atoms. The summed E-state index contributed by atoms with van der Waals surface area (Å²) in [7, 11) is 1.18. The van der Waals surface area contributed by atoms with E-state index in [2.05, 4.69) is 5.32 Å². The van der Waals surface area contributed by atoms with Gasteiger partial charge in [0.05, 0.1) is 2.74 Å². The van der Waals surface area contributed by atoms with Crippen molar-refractivity contribution in [2.24, 2.45) is 11.8 Å². The summed E-state index contributed by atoms with van der Waals surface area (Å²) in [5, 5.41) is 12.2. The molecule has 1 unspecified atom stereocenters. The van der Waals surface area contributed by atoms with Crippen molar-refractivity contribution in [1.82, 2.24) is 10.2 Å². The third-order valence-electron chi connectivity index (χ3n) is 4.56. The van der Waals surface area contributed by atoms with Crippen LogP contribution < -0.4 is 5.32 Å². The number of hydrogen-bond donors (Lipinski definition) is 2. The number of carbonyl (C=O) groups is 3. The summed E-state index contributed by atoms with van der Waals surface area (Å²) in [5.41, 5.74) is -0.265. The van der Waals surface area contributed by atoms with Crippen molar-refractivity contribution in [3.05, 3.63) is 35.4 Å². The minimum Gasteiger partial charge on any atom is -0.385 e. The number of hydrogen-bond acceptors (Lipinski definition) is 4. The zero-order valence-electron chi connectivity index (χ0n) is 21.3. The van der Waals surface area contributed by atoms with E-state index in [-0.39, 0.29) is 11.1 Å². The molecule has 1 aromatic carbocycles. The molecule has 1 heterocycles. The fourth-order valence-corrected chi connectivity index (χ4v) is 2.68. The number of ketones is 1. The van der Waals surface area contributed by atoms with Crippen LogP contribution >= 0.6 is 0 Å². The Morgan fingerprint density at radius 1 is 1.41 bits per heavy atom. The SMILES string of the molecule is [2H]C1([2H])c2ccccc2[C@]([2H])(NC(=O)[C@]([2H])(C)CC(=O)[C@@H](O)C(C)C)C(=O)N(C)C1([2H])C. The van der Waals surface area contributed by atoms with Gasteiger partial charge in [0.1, 0.15) is 12.1 Å². The molecule has 148 valence electrons. The Labute approximate surface area is 168 Å². The quantitative estimate of drug-likeness (QED) is 0.790. The predicted molar refractivity (Wildman–Crippen MR) is 103 cm³/mol. The van der Waals surface area contributed by atoms with E-state index in [1.807, 2.05) is 0 Å². The van der Waals surface area contributed by atoms with Gasteiger partial charge in [-0.3, -0.25) is 14.4 Å². The van der Waals surface area contributed by atoms with Gasteiger partial charge in [0.2, 0.25) is 11.8 Å². The normalized spacial score (nSPS) is 33.2. The van der Waals surface area contributed by atoms with Gasteiger partial charge in [-0.25, -0.2) is 0 Å². The van der Waals surface area contributed by atoms with Gasteiger partial charge in [0.15, 0.2) is 5.78 Å². The maximum Gasteiger partial charge on any atom is 0.249 e. The summed E-state index contributed by atoms with van der Waals surface area (Å²) in [6, 6.07) is 1.03. The van der Waals surface area contributed by atoms with Crippen molar-refractivity contribution in [3.8, 4) is 0 Å². The standard InChI is InChI=1S/C21H30N2O4/c1-12(2)19(25)17(24)10-13(3)20(26)22-18-16-9-7-6-8-15(16)11-14(4)23(5)21(18)27/h6-9,12-14,18-19,25H,10-11H2,1-5H3,(H,22,26)/t13-,14?,18+,19+/m1/s1/i11D2,13D,14D,18D. The maximum absolute atomic E-state index is 13.3. The number of Topliss-reactive ketones (excluding diaryl/α,β-unsaturated/α-hetero) is 1. The van der Waals surface area contributed by atoms with Gasteiger partial charge < -0.3 is 15.3 Å². The minimum absolute atomic E-state index is 0.108. The van der Waals surface area contributed by atoms with E-state index in [4.69, 9.17) is 6.85 Å². The molecule has 1 aliphatic rings. The number of likely N-dealkylation sites (N-methyl/N-ethyl adjacent to an activating group) is 1. The molecule has 2 rings (SSSR count). The third kappa shape index (κ3) is 4.75. The molecule has 4 atom stereocenters. The average molecular weight is 380 g/mol. The van der Waals surface area contributed by atoms with E-state index in [1.54, 1.807) is 13.8 Å². The van der Waals surface area contributed by atoms with Gasteiger partial charge in [-0.15, -0.1) is 0 Å². The molecule has 0 saturated carbocycles. The first-order valence-corrected chi connectivity index (χ1v) is 8.83. The first-order valence-electron chi connectivity index (χ1n) is 11.3. The second-order valence-corrected chi connectivity index (χ2v) is 7.06. The molecule has 0 fully saturated rings. The molecule has 6 heteroatoms. The fourth-order valence-electron chi connectivity index (χ4n) is 2.68. The highest BCUT2D eigenvalue weighted by molar-refractivity contribution is 5.93. The Kier molecular flexibility index (Phi) is 4.74. The van der Waals surface area contributed by atoms with E-state index in [9.17, 15) is 19.5 Å². The monoisotopic (exact) mass is 379 g/mol. The third-order valence-corrected chi connectivity index (χ3v) is 4.56. The fraction of sp³-hybridized carbons (Fsp3) is 0.571. The summed E-state index contributed by atoms with van der Waals surface area (Å²) in [4.78, 5) is 39.3. The van der Waals surface area contributed by atoms with Crippen LogP contribution in [0.1, 0.15) is 58.1 Å². The van der Waals surface area contributed by atoms with Gasteiger partial charge in [-0.1, -0.05) is 45.0 Å². The number of amides is 2. The highest BCUT2D eigenvalue weighted by Crippen LogP contribution is 2.27. The molecule has 1 aromatic rings. The molecule has 0 aromatic heterocycles. The molecule has 27 heavy (non-hydrogen) atoms. The number of aliphatic hydroxyl groups excluding tert-OH is 1. The van der Waals surface area contributed by atoms with Crippen LogP contribution in [0.4, 0.5) is 0 Å². The molecule has 2 amide bonds. The van der Waals surface area contributed by atoms with E-state index in [0.29, 0.717) is 0 Å². The topological polar surface area (TPSA) is 86.7 Å². The second kappa shape index (κ2) is 8.65. The summed E-state index contributed by atoms with van der Waals surface area (Å²) >= 11 is 0. The first-order chi connectivity index (χ1) is 14.4. The lowest BCUT2D eigenvalue weighted by molar-refractivity contribution is -0.138. The van der Waals surface area contributed by atoms with Crippen LogP contribution in [0.25, 0.3) is 0 Å². The summed E-state index contributed by atoms with van der Waals surface area (Å²) < 4.78 is 42.8. The van der Waals surface area contributed by atoms with Gasteiger partial charge >= 0.3 is 0 Å². The number of benzene rings is 1. The zero-order valence-corrected chi connectivity index (χ0v) is 16.3. The molecule has 0 aliphatic carbocycles. The largest absolute Gasteiger partial charge is 0.385 e. The number of nitrogens with zero attached hydrogens (tertiary/aromatic N) is 1. The first kappa shape index (κ1) is 14.8. The lowest BCUT2D eigenvalue weighted by atomic mass is 9.94. The lowest BCUT2D eigenvalue weighted by Crippen LogP contribution is -2.44. The summed E-state index contributed by atoms with van der Waals surface area (Å²) in [5.74, 6) is -5.40. The molecule has 2 N–H and O–H groups in total. The molecular formula is C21H30N2O4. The maximum atomic E-state index is 13.3. The van der Waals surface area contributed by atoms with E-state index >= 15 is 0 Å². The number of rotatable bonds is 6. The van der Waals surface area contributed by atoms with Crippen molar-refractivity contribution in [1.29, 1.82) is 0 Å². The number of aliphatic hydroxyl groups is 1. The zero-order chi connectivity index (χ0) is 24.9. The second-order valence-electron chi connectivity index (χ2n) is 7.06. The average Bonchev–Trinajstić information content (AvgIpc) is 2.73. The molecule has 0 saturated heterocycles. The number of nitrogens with one attached hydrogen (secondary N) is 1. The summed E-state index contributed by atoms with van der Waals surface area (Å²) in [6.07, 6.45) is -4.39. The van der Waals surface area contributed by atoms with Gasteiger partial charge in [-0.05, 0) is 30.3 Å². The van der Waals surface area contributed by atoms with E-state index in [0.717, 1.165) is 11.8 Å². The van der Waals surface area contributed by atoms with Crippen LogP contribution in [0.2, 0.25) is 0 Å². The van der Waals surface area contributed by atoms with Gasteiger partial charge in [0.25, 0.3) is 0 Å². The highest BCUT2D eigenvalue weighted by atomic mass is 16.3. The van der Waals surface area contributed by atoms with Crippen molar-refractivity contribution in [3.63, 3.8) is 0 Å². The van der Waals surface area contributed by atoms with Crippen LogP contribution in [-0.4, -0.2) is 46.8 Å². The smallest absolute Gasteiger partial charge is 0.249 e. The van der Waals surface area contributed by atoms with Crippen LogP contribution in [0.15, 0.2) is 24.3 Å². The van der Waals surface area contributed by atoms with Crippen LogP contribution in [0.5, 0.6) is 0 Å². The van der Waals surface area contributed by atoms with E-state index < -0.39 is 60.3 Å². The predicted octanol–water partition coefficient (Wildman–Crippen LogP) is 1.86. The molecule has 6 nitrogen and oxygen atoms in total. The molecule has 0 bridgehead atoms. The lowest BCUT2D eigenvalue weighted by Gasteiger charge is -2.26. The van der Waals surface area contributed by atoms with Gasteiger partial charge in [0, 0.05) is 29.5 Å². The number of carbonyl (C=O) groups excluding carboxylic acids is 3. The minimum atomic E-state index is -2.53. The molecule has 1 aliphatic heterocycles. The van der Waals surface area contributed by atoms with Crippen molar-refractivity contribution in [2.75, 3.05) is 7.05 Å². The Hall–Kier alpha value is -2.21. The van der Waals surface area contributed by atoms with Gasteiger partial charge in [-0.2, -0.15) is 0 Å². The Bertz CT molecular complexity index is 935. The van der Waals surface area contributed by atoms with Crippen LogP contribution in [-0.2, 0) is 20.8 Å². The van der Waals surface area contributed by atoms with E-state index in [1.165, 1.54) is 38.2 Å². The molecular weight excluding hydrogens is 344 g/mol. The Balaban J connectivity index is 2.52. The van der Waals surface area contributed by atoms with Crippen LogP contribution in [0.3, 0.4) is 0 Å². The van der Waals surface area contributed by atoms with Crippen molar-refractivity contribution >= 4 is 17.6 Å². The summed E-state index contributed by atoms with van der Waals surface area (Å²) in [6.45, 7) is 5.58. The Morgan fingerprint density at radius 2 is 2.04 bits per heavy atom. The molecule has 0 radical (unpaired) electrons. The van der Waals surface area contributed by atoms with Crippen molar-refractivity contribution < 1.29 is 26.3 Å². The Morgan fingerprint density at radius 3 is 2.67 bits per heavy atom. The van der Waals surface area contributed by atoms with Crippen molar-refractivity contribution in [2.45, 2.75) is 58.6 Å². The number of fused-ring (bicyclic) bond motifs is 1. The van der Waals surface area contributed by atoms with Crippen LogP contribution in [0, 0.1) is 11.8 Å².